The summed E-state index contributed by atoms with van der Waals surface area (Å²) >= 11 is 0. The van der Waals surface area contributed by atoms with E-state index in [1.807, 2.05) is 6.07 Å². The first-order valence-electron chi connectivity index (χ1n) is 6.20. The summed E-state index contributed by atoms with van der Waals surface area (Å²) in [6.45, 7) is -0.0299. The van der Waals surface area contributed by atoms with Crippen LogP contribution in [0.25, 0.3) is 0 Å². The van der Waals surface area contributed by atoms with Crippen molar-refractivity contribution in [3.63, 3.8) is 0 Å². The lowest BCUT2D eigenvalue weighted by Gasteiger charge is -2.08. The first kappa shape index (κ1) is 14.5. The maximum atomic E-state index is 13.6. The van der Waals surface area contributed by atoms with Gasteiger partial charge in [0.1, 0.15) is 18.2 Å². The fourth-order valence-corrected chi connectivity index (χ4v) is 1.84. The molecule has 2 rings (SSSR count). The SMILES string of the molecule is N#Cc1ccc(F)c(COc2cccc(CC(=O)O)c2)c1. The molecule has 0 atom stereocenters. The Morgan fingerprint density at radius 1 is 1.29 bits per heavy atom. The van der Waals surface area contributed by atoms with Crippen molar-refractivity contribution in [3.05, 3.63) is 65.0 Å². The quantitative estimate of drug-likeness (QED) is 0.917. The summed E-state index contributed by atoms with van der Waals surface area (Å²) in [5, 5.41) is 17.5. The van der Waals surface area contributed by atoms with Crippen LogP contribution in [-0.2, 0) is 17.8 Å². The van der Waals surface area contributed by atoms with Crippen molar-refractivity contribution in [2.24, 2.45) is 0 Å². The van der Waals surface area contributed by atoms with Crippen molar-refractivity contribution in [1.29, 1.82) is 5.26 Å². The lowest BCUT2D eigenvalue weighted by atomic mass is 10.1. The van der Waals surface area contributed by atoms with Crippen LogP contribution in [0.5, 0.6) is 5.75 Å². The normalized spacial score (nSPS) is 9.90. The van der Waals surface area contributed by atoms with Crippen molar-refractivity contribution in [1.82, 2.24) is 0 Å². The Bertz CT molecular complexity index is 707. The third-order valence-electron chi connectivity index (χ3n) is 2.82. The maximum absolute atomic E-state index is 13.6. The van der Waals surface area contributed by atoms with Crippen LogP contribution in [0, 0.1) is 17.1 Å². The van der Waals surface area contributed by atoms with E-state index in [9.17, 15) is 9.18 Å². The van der Waals surface area contributed by atoms with Gasteiger partial charge in [0, 0.05) is 5.56 Å². The van der Waals surface area contributed by atoms with Crippen molar-refractivity contribution in [3.8, 4) is 11.8 Å². The number of benzene rings is 2. The summed E-state index contributed by atoms with van der Waals surface area (Å²) in [5.74, 6) is -0.925. The third-order valence-corrected chi connectivity index (χ3v) is 2.82. The zero-order valence-electron chi connectivity index (χ0n) is 11.0. The number of carbonyl (C=O) groups is 1. The summed E-state index contributed by atoms with van der Waals surface area (Å²) < 4.78 is 19.0. The highest BCUT2D eigenvalue weighted by Gasteiger charge is 2.06. The standard InChI is InChI=1S/C16H12FNO3/c17-15-5-4-12(9-18)6-13(15)10-21-14-3-1-2-11(7-14)8-16(19)20/h1-7H,8,10H2,(H,19,20). The molecule has 0 saturated heterocycles. The minimum Gasteiger partial charge on any atom is -0.489 e. The number of aliphatic carboxylic acids is 1. The van der Waals surface area contributed by atoms with Gasteiger partial charge < -0.3 is 9.84 Å². The van der Waals surface area contributed by atoms with Gasteiger partial charge in [0.2, 0.25) is 0 Å². The highest BCUT2D eigenvalue weighted by Crippen LogP contribution is 2.17. The molecule has 0 unspecified atom stereocenters. The predicted molar refractivity (Wildman–Crippen MR) is 73.2 cm³/mol. The van der Waals surface area contributed by atoms with E-state index >= 15 is 0 Å². The average Bonchev–Trinajstić information content (AvgIpc) is 2.46. The van der Waals surface area contributed by atoms with Crippen LogP contribution in [0.1, 0.15) is 16.7 Å². The monoisotopic (exact) mass is 285 g/mol. The fourth-order valence-electron chi connectivity index (χ4n) is 1.84. The molecule has 0 saturated carbocycles. The number of carboxylic acids is 1. The minimum absolute atomic E-state index is 0.0299. The Balaban J connectivity index is 2.10. The second-order valence-corrected chi connectivity index (χ2v) is 4.42. The number of carboxylic acid groups (broad SMARTS) is 1. The van der Waals surface area contributed by atoms with E-state index in [2.05, 4.69) is 0 Å². The van der Waals surface area contributed by atoms with E-state index in [0.717, 1.165) is 0 Å². The second-order valence-electron chi connectivity index (χ2n) is 4.42. The molecule has 0 bridgehead atoms. The largest absolute Gasteiger partial charge is 0.489 e. The van der Waals surface area contributed by atoms with E-state index in [4.69, 9.17) is 15.1 Å². The van der Waals surface area contributed by atoms with Crippen molar-refractivity contribution >= 4 is 5.97 Å². The van der Waals surface area contributed by atoms with Gasteiger partial charge in [-0.3, -0.25) is 4.79 Å². The fraction of sp³-hybridized carbons (Fsp3) is 0.125. The number of hydrogen-bond acceptors (Lipinski definition) is 3. The van der Waals surface area contributed by atoms with Crippen LogP contribution in [0.15, 0.2) is 42.5 Å². The summed E-state index contributed by atoms with van der Waals surface area (Å²) in [6.07, 6.45) is -0.102. The summed E-state index contributed by atoms with van der Waals surface area (Å²) in [6, 6.07) is 12.6. The molecule has 106 valence electrons. The van der Waals surface area contributed by atoms with E-state index in [-0.39, 0.29) is 18.6 Å². The molecule has 0 aliphatic rings. The van der Waals surface area contributed by atoms with Gasteiger partial charge >= 0.3 is 5.97 Å². The third kappa shape index (κ3) is 4.05. The first-order chi connectivity index (χ1) is 10.1. The highest BCUT2D eigenvalue weighted by atomic mass is 19.1. The Hall–Kier alpha value is -2.87. The van der Waals surface area contributed by atoms with E-state index in [1.54, 1.807) is 24.3 Å². The molecule has 1 N–H and O–H groups in total. The summed E-state index contributed by atoms with van der Waals surface area (Å²) in [4.78, 5) is 10.7. The van der Waals surface area contributed by atoms with Gasteiger partial charge in [-0.1, -0.05) is 12.1 Å². The molecule has 0 aliphatic heterocycles. The number of hydrogen-bond donors (Lipinski definition) is 1. The lowest BCUT2D eigenvalue weighted by Crippen LogP contribution is -2.02. The van der Waals surface area contributed by atoms with Gasteiger partial charge in [0.05, 0.1) is 18.1 Å². The average molecular weight is 285 g/mol. The van der Waals surface area contributed by atoms with Gasteiger partial charge in [-0.25, -0.2) is 4.39 Å². The van der Waals surface area contributed by atoms with Crippen LogP contribution in [-0.4, -0.2) is 11.1 Å². The number of nitriles is 1. The molecule has 0 radical (unpaired) electrons. The zero-order chi connectivity index (χ0) is 15.2. The molecule has 0 aliphatic carbocycles. The zero-order valence-corrected chi connectivity index (χ0v) is 11.0. The van der Waals surface area contributed by atoms with Crippen LogP contribution >= 0.6 is 0 Å². The van der Waals surface area contributed by atoms with E-state index < -0.39 is 11.8 Å². The molecular weight excluding hydrogens is 273 g/mol. The topological polar surface area (TPSA) is 70.3 Å². The first-order valence-corrected chi connectivity index (χ1v) is 6.20. The summed E-state index contributed by atoms with van der Waals surface area (Å²) in [7, 11) is 0. The molecule has 0 aromatic heterocycles. The molecule has 5 heteroatoms. The highest BCUT2D eigenvalue weighted by molar-refractivity contribution is 5.70. The number of ether oxygens (including phenoxy) is 1. The smallest absolute Gasteiger partial charge is 0.307 e. The molecule has 21 heavy (non-hydrogen) atoms. The Labute approximate surface area is 121 Å². The van der Waals surface area contributed by atoms with Crippen LogP contribution in [0.2, 0.25) is 0 Å². The molecule has 0 heterocycles. The summed E-state index contributed by atoms with van der Waals surface area (Å²) in [5.41, 5.74) is 1.23. The van der Waals surface area contributed by atoms with Crippen LogP contribution < -0.4 is 4.74 Å². The minimum atomic E-state index is -0.931. The van der Waals surface area contributed by atoms with Crippen molar-refractivity contribution in [2.75, 3.05) is 0 Å². The molecule has 0 fully saturated rings. The Morgan fingerprint density at radius 3 is 2.81 bits per heavy atom. The Morgan fingerprint density at radius 2 is 2.10 bits per heavy atom. The predicted octanol–water partition coefficient (Wildman–Crippen LogP) is 2.90. The van der Waals surface area contributed by atoms with Crippen LogP contribution in [0.4, 0.5) is 4.39 Å². The Kier molecular flexibility index (Phi) is 4.52. The van der Waals surface area contributed by atoms with Crippen LogP contribution in [0.3, 0.4) is 0 Å². The number of halogens is 1. The molecule has 0 spiro atoms. The molecule has 2 aromatic carbocycles. The number of rotatable bonds is 5. The van der Waals surface area contributed by atoms with E-state index in [1.165, 1.54) is 18.2 Å². The van der Waals surface area contributed by atoms with Crippen molar-refractivity contribution in [2.45, 2.75) is 13.0 Å². The molecule has 0 amide bonds. The lowest BCUT2D eigenvalue weighted by molar-refractivity contribution is -0.136. The van der Waals surface area contributed by atoms with Gasteiger partial charge in [-0.15, -0.1) is 0 Å². The van der Waals surface area contributed by atoms with Gasteiger partial charge in [0.15, 0.2) is 0 Å². The second kappa shape index (κ2) is 6.53. The van der Waals surface area contributed by atoms with Crippen molar-refractivity contribution < 1.29 is 19.0 Å². The van der Waals surface area contributed by atoms with Gasteiger partial charge in [-0.2, -0.15) is 5.26 Å². The van der Waals surface area contributed by atoms with Gasteiger partial charge in [-0.05, 0) is 35.9 Å². The molecule has 2 aromatic rings. The molecular formula is C16H12FNO3. The maximum Gasteiger partial charge on any atom is 0.307 e. The van der Waals surface area contributed by atoms with E-state index in [0.29, 0.717) is 16.9 Å². The number of nitrogens with zero attached hydrogens (tertiary/aromatic N) is 1. The van der Waals surface area contributed by atoms with Gasteiger partial charge in [0.25, 0.3) is 0 Å². The molecule has 4 nitrogen and oxygen atoms in total.